The summed E-state index contributed by atoms with van der Waals surface area (Å²) in [6, 6.07) is 50.1. The van der Waals surface area contributed by atoms with Gasteiger partial charge in [0.15, 0.2) is 0 Å². The van der Waals surface area contributed by atoms with E-state index in [1.54, 1.807) is 148 Å². The highest BCUT2D eigenvalue weighted by Crippen LogP contribution is 2.31. The van der Waals surface area contributed by atoms with Crippen LogP contribution < -0.4 is 29.1 Å². The minimum atomic E-state index is -0.247. The molecule has 136 heavy (non-hydrogen) atoms. The predicted molar refractivity (Wildman–Crippen MR) is 514 cm³/mol. The van der Waals surface area contributed by atoms with E-state index >= 15 is 0 Å². The van der Waals surface area contributed by atoms with Crippen LogP contribution in [0.15, 0.2) is 201 Å². The minimum Gasteiger partial charge on any atom is -0.497 e. The molecule has 4 fully saturated rings. The van der Waals surface area contributed by atoms with Crippen LogP contribution in [0.2, 0.25) is 0 Å². The summed E-state index contributed by atoms with van der Waals surface area (Å²) in [5.74, 6) is 3.98. The molecule has 712 valence electrons. The van der Waals surface area contributed by atoms with Gasteiger partial charge < -0.3 is 62.9 Å². The van der Waals surface area contributed by atoms with E-state index in [9.17, 15) is 32.3 Å². The summed E-state index contributed by atoms with van der Waals surface area (Å²) in [7, 11) is 8.23. The lowest BCUT2D eigenvalue weighted by atomic mass is 10.1. The topological polar surface area (TPSA) is 302 Å². The number of hydrogen-bond donors (Lipinski definition) is 0. The van der Waals surface area contributed by atoms with E-state index < -0.39 is 0 Å². The van der Waals surface area contributed by atoms with Crippen LogP contribution in [-0.2, 0) is 78.8 Å². The molecule has 0 saturated carbocycles. The first-order valence-electron chi connectivity index (χ1n) is 45.9. The van der Waals surface area contributed by atoms with Gasteiger partial charge in [0.2, 0.25) is 35.5 Å². The number of aromatic nitrogens is 15. The van der Waals surface area contributed by atoms with Gasteiger partial charge in [-0.3, -0.25) is 42.9 Å². The molecule has 0 aliphatic carbocycles. The molecule has 13 heterocycles. The smallest absolute Gasteiger partial charge is 0.244 e. The van der Waals surface area contributed by atoms with Crippen LogP contribution in [0.3, 0.4) is 0 Å². The first-order valence-corrected chi connectivity index (χ1v) is 45.9. The molecule has 0 spiro atoms. The second-order valence-corrected chi connectivity index (χ2v) is 33.6. The number of pyridine rings is 3. The molecule has 9 aromatic heterocycles. The summed E-state index contributed by atoms with van der Waals surface area (Å²) in [5.41, 5.74) is 13.9. The number of carbonyl (C=O) groups excluding carboxylic acids is 4. The average molecular weight is 1860 g/mol. The molecule has 4 aliphatic heterocycles. The molecule has 13 aromatic rings. The number of ether oxygens (including phenoxy) is 5. The van der Waals surface area contributed by atoms with Crippen LogP contribution in [0.25, 0.3) is 56.4 Å². The van der Waals surface area contributed by atoms with Crippen molar-refractivity contribution in [1.29, 1.82) is 0 Å². The van der Waals surface area contributed by atoms with Crippen molar-refractivity contribution in [2.75, 3.05) is 180 Å². The molecule has 4 aromatic carbocycles. The molecule has 17 rings (SSSR count). The summed E-state index contributed by atoms with van der Waals surface area (Å²) >= 11 is 0. The van der Waals surface area contributed by atoms with Gasteiger partial charge in [-0.25, -0.2) is 43.1 Å². The van der Waals surface area contributed by atoms with Gasteiger partial charge in [0.05, 0.1) is 42.7 Å². The van der Waals surface area contributed by atoms with Gasteiger partial charge in [-0.1, -0.05) is 42.5 Å². The summed E-state index contributed by atoms with van der Waals surface area (Å²) in [6.45, 7) is 20.4. The molecule has 4 aliphatic rings. The number of halogens is 3. The number of nitrogens with zero attached hydrogens (tertiary/aromatic N) is 23. The number of rotatable bonds is 31. The van der Waals surface area contributed by atoms with Crippen molar-refractivity contribution in [3.05, 3.63) is 258 Å². The number of benzene rings is 4. The van der Waals surface area contributed by atoms with Crippen LogP contribution in [0.5, 0.6) is 11.6 Å². The summed E-state index contributed by atoms with van der Waals surface area (Å²) in [5, 5.41) is 18.9. The van der Waals surface area contributed by atoms with Crippen LogP contribution in [-0.4, -0.2) is 277 Å². The molecule has 0 N–H and O–H groups in total. The zero-order chi connectivity index (χ0) is 95.4. The van der Waals surface area contributed by atoms with E-state index in [0.717, 1.165) is 154 Å². The van der Waals surface area contributed by atoms with Crippen molar-refractivity contribution < 1.29 is 56.0 Å². The van der Waals surface area contributed by atoms with Crippen LogP contribution >= 0.6 is 0 Å². The zero-order valence-corrected chi connectivity index (χ0v) is 78.7. The molecule has 35 heteroatoms. The number of anilines is 4. The van der Waals surface area contributed by atoms with Crippen LogP contribution in [0, 0.1) is 45.1 Å². The second-order valence-electron chi connectivity index (χ2n) is 33.6. The first kappa shape index (κ1) is 97.7. The predicted octanol–water partition coefficient (Wildman–Crippen LogP) is 12.4. The fraction of sp³-hybridized carbons (Fsp3) is 0.376. The number of amides is 4. The Morgan fingerprint density at radius 1 is 0.331 bits per heavy atom. The summed E-state index contributed by atoms with van der Waals surface area (Å²) in [4.78, 5) is 99.1. The molecule has 0 bridgehead atoms. The Morgan fingerprint density at radius 2 is 0.743 bits per heavy atom. The van der Waals surface area contributed by atoms with Crippen LogP contribution in [0.1, 0.15) is 58.6 Å². The average Bonchev–Trinajstić information content (AvgIpc) is 1.65. The maximum Gasteiger partial charge on any atom is 0.244 e. The Labute approximate surface area is 790 Å². The monoisotopic (exact) mass is 1850 g/mol. The van der Waals surface area contributed by atoms with Crippen molar-refractivity contribution in [3.8, 4) is 68.0 Å². The Bertz CT molecular complexity index is 5900. The van der Waals surface area contributed by atoms with Crippen molar-refractivity contribution in [1.82, 2.24) is 93.6 Å². The van der Waals surface area contributed by atoms with Gasteiger partial charge in [0.25, 0.3) is 0 Å². The lowest BCUT2D eigenvalue weighted by Crippen LogP contribution is -2.50. The van der Waals surface area contributed by atoms with E-state index in [1.165, 1.54) is 24.5 Å². The van der Waals surface area contributed by atoms with Crippen molar-refractivity contribution in [2.45, 2.75) is 92.4 Å². The number of carbonyl (C=O) groups is 4. The Hall–Kier alpha value is -14.3. The number of piperazine rings is 4. The summed E-state index contributed by atoms with van der Waals surface area (Å²) < 4.78 is 74.4. The molecular formula is C101H118F3N23O9. The van der Waals surface area contributed by atoms with Gasteiger partial charge in [0.1, 0.15) is 78.9 Å². The van der Waals surface area contributed by atoms with E-state index in [-0.39, 0.29) is 67.3 Å². The third-order valence-electron chi connectivity index (χ3n) is 24.2. The van der Waals surface area contributed by atoms with Gasteiger partial charge in [-0.15, -0.1) is 0 Å². The molecule has 4 amide bonds. The Balaban J connectivity index is 0.000000145. The third kappa shape index (κ3) is 26.2. The lowest BCUT2D eigenvalue weighted by molar-refractivity contribution is -0.133. The lowest BCUT2D eigenvalue weighted by Gasteiger charge is -2.35. The van der Waals surface area contributed by atoms with Gasteiger partial charge >= 0.3 is 0 Å². The largest absolute Gasteiger partial charge is 0.497 e. The SMILES string of the molecule is COCCCc1cc(-c2ccc(F)c(C)c2)nn1CC(=O)N1CCN(c2cc(OC)ccn2)CC1.COCCCc1cc(-c2ccc(F)c(C)c2)nn1CC(=O)N1CCN(c2cc(OC)ncn2)CC1.COCCCc1cc(-c2ccc(F)c(C)c2)nn1CC(=O)N1CCN(c2ccccn2)CC1.Cc1ccc(-c2cc(-c3ccccc3)n(CC(=O)N3CCN(c4ncccn4)CC3)n2)nc1. The molecule has 32 nitrogen and oxygen atoms in total. The van der Waals surface area contributed by atoms with Crippen molar-refractivity contribution in [2.24, 2.45) is 0 Å². The van der Waals surface area contributed by atoms with Gasteiger partial charge in [-0.05, 0) is 203 Å². The van der Waals surface area contributed by atoms with E-state index in [4.69, 9.17) is 44.1 Å². The highest BCUT2D eigenvalue weighted by Gasteiger charge is 2.30. The van der Waals surface area contributed by atoms with Gasteiger partial charge in [0, 0.05) is 223 Å². The quantitative estimate of drug-likeness (QED) is 0.0365. The molecule has 4 saturated heterocycles. The van der Waals surface area contributed by atoms with E-state index in [0.29, 0.717) is 140 Å². The van der Waals surface area contributed by atoms with Gasteiger partial charge in [-0.2, -0.15) is 20.4 Å². The molecular weight excluding hydrogens is 1740 g/mol. The van der Waals surface area contributed by atoms with E-state index in [2.05, 4.69) is 54.5 Å². The highest BCUT2D eigenvalue weighted by atomic mass is 19.1. The fourth-order valence-corrected chi connectivity index (χ4v) is 16.5. The molecule has 0 radical (unpaired) electrons. The fourth-order valence-electron chi connectivity index (χ4n) is 16.5. The number of hydrogen-bond acceptors (Lipinski definition) is 24. The van der Waals surface area contributed by atoms with Crippen molar-refractivity contribution >= 4 is 47.0 Å². The standard InChI is InChI=1S/C26H32FN5O3.C25H31FN6O3.C25H30FN5O2.C25H25N7O/c1-19-15-20(6-7-23(19)27)24-16-21(5-4-14-34-2)32(29-24)18-26(33)31-12-10-30(11-13-31)25-17-22(35-3)8-9-28-25;1-18-13-19(6-7-21(18)26)22-14-20(5-4-12-34-2)32(29-22)16-25(33)31-10-8-30(9-11-31)23-15-24(35-3)28-17-27-23;1-19-16-20(8-9-22(19)26)23-17-21(6-5-15-33-2)31(28-23)18-25(32)30-13-11-29(12-14-30)24-7-3-4-10-27-24;1-19-8-9-21(28-17-19)22-16-23(20-6-3-2-4-7-20)32(29-22)18-24(33)30-12-14-31(15-13-30)25-26-10-5-11-27-25/h6-9,15-17H,4-5,10-14,18H2,1-3H3;6-7,13-15,17H,4-5,8-12,16H2,1-3H3;3-4,7-10,16-17H,5-6,11-15,18H2,1-2H3;2-11,16-17H,12-15,18H2,1H3. The second kappa shape index (κ2) is 48.0. The first-order chi connectivity index (χ1) is 66.2. The number of aryl methyl sites for hydroxylation is 7. The Kier molecular flexibility index (Phi) is 34.5. The molecule has 0 atom stereocenters. The van der Waals surface area contributed by atoms with Crippen LogP contribution in [0.4, 0.5) is 36.6 Å². The normalized spacial score (nSPS) is 13.9. The number of methoxy groups -OCH3 is 5. The maximum atomic E-state index is 13.8. The summed E-state index contributed by atoms with van der Waals surface area (Å²) in [6.07, 6.45) is 15.0. The highest BCUT2D eigenvalue weighted by molar-refractivity contribution is 5.80. The minimum absolute atomic E-state index is 0.0165. The van der Waals surface area contributed by atoms with E-state index in [1.807, 2.05) is 130 Å². The zero-order valence-electron chi connectivity index (χ0n) is 78.7. The Morgan fingerprint density at radius 3 is 1.15 bits per heavy atom. The molecule has 0 unspecified atom stereocenters. The third-order valence-corrected chi connectivity index (χ3v) is 24.2. The maximum absolute atomic E-state index is 13.8. The van der Waals surface area contributed by atoms with Crippen molar-refractivity contribution in [3.63, 3.8) is 0 Å².